The quantitative estimate of drug-likeness (QED) is 0.500. The average molecular weight is 504 g/mol. The minimum Gasteiger partial charge on any atom is -0.493 e. The van der Waals surface area contributed by atoms with Crippen LogP contribution in [0.25, 0.3) is 0 Å². The molecule has 1 amide bonds. The second kappa shape index (κ2) is 9.10. The maximum absolute atomic E-state index is 14.5. The SMILES string of the molecule is Cc1c(S(=O)(=O)N2CCn3nccc3C2)cc(C(=O)NCc2c(F)ccc3c2CCO3)n1CCO. The Kier molecular flexibility index (Phi) is 6.11. The standard InChI is InChI=1S/C23H26FN5O5S/c1-15-22(35(32,33)27-7-8-29-16(14-27)4-6-26-29)12-20(28(15)9-10-30)23(31)25-13-18-17-5-11-34-21(17)3-2-19(18)24/h2-4,6,12,30H,5,7-11,13-14H2,1H3,(H,25,31). The first-order chi connectivity index (χ1) is 16.8. The molecule has 2 aliphatic heterocycles. The molecule has 35 heavy (non-hydrogen) atoms. The van der Waals surface area contributed by atoms with E-state index in [-0.39, 0.29) is 43.4 Å². The molecule has 0 radical (unpaired) electrons. The molecule has 0 atom stereocenters. The first kappa shape index (κ1) is 23.5. The van der Waals surface area contributed by atoms with Crippen molar-refractivity contribution >= 4 is 15.9 Å². The van der Waals surface area contributed by atoms with Gasteiger partial charge in [-0.25, -0.2) is 12.8 Å². The molecule has 0 spiro atoms. The van der Waals surface area contributed by atoms with Gasteiger partial charge >= 0.3 is 0 Å². The highest BCUT2D eigenvalue weighted by molar-refractivity contribution is 7.89. The van der Waals surface area contributed by atoms with Crippen LogP contribution >= 0.6 is 0 Å². The van der Waals surface area contributed by atoms with Crippen LogP contribution in [0.5, 0.6) is 5.75 Å². The maximum atomic E-state index is 14.5. The predicted molar refractivity (Wildman–Crippen MR) is 123 cm³/mol. The van der Waals surface area contributed by atoms with Crippen LogP contribution < -0.4 is 10.1 Å². The monoisotopic (exact) mass is 503 g/mol. The average Bonchev–Trinajstić information content (AvgIpc) is 3.57. The molecule has 0 aliphatic carbocycles. The number of carbonyl (C=O) groups excluding carboxylic acids is 1. The molecule has 10 nitrogen and oxygen atoms in total. The van der Waals surface area contributed by atoms with Gasteiger partial charge in [-0.05, 0) is 31.2 Å². The smallest absolute Gasteiger partial charge is 0.268 e. The van der Waals surface area contributed by atoms with Crippen molar-refractivity contribution in [1.29, 1.82) is 0 Å². The van der Waals surface area contributed by atoms with Crippen LogP contribution in [0.3, 0.4) is 0 Å². The topological polar surface area (TPSA) is 119 Å². The second-order valence-electron chi connectivity index (χ2n) is 8.52. The highest BCUT2D eigenvalue weighted by atomic mass is 32.2. The first-order valence-electron chi connectivity index (χ1n) is 11.3. The van der Waals surface area contributed by atoms with Gasteiger partial charge in [0.15, 0.2) is 0 Å². The molecule has 0 saturated heterocycles. The molecule has 0 unspecified atom stereocenters. The number of ether oxygens (including phenoxy) is 1. The van der Waals surface area contributed by atoms with Crippen molar-refractivity contribution in [2.24, 2.45) is 0 Å². The van der Waals surface area contributed by atoms with E-state index in [0.717, 1.165) is 11.3 Å². The van der Waals surface area contributed by atoms with Crippen molar-refractivity contribution in [3.05, 3.63) is 64.5 Å². The number of amides is 1. The van der Waals surface area contributed by atoms with Crippen molar-refractivity contribution in [3.8, 4) is 5.75 Å². The van der Waals surface area contributed by atoms with E-state index in [0.29, 0.717) is 36.6 Å². The Morgan fingerprint density at radius 1 is 1.29 bits per heavy atom. The van der Waals surface area contributed by atoms with Crippen LogP contribution in [0.2, 0.25) is 0 Å². The van der Waals surface area contributed by atoms with Crippen LogP contribution in [0.15, 0.2) is 35.4 Å². The van der Waals surface area contributed by atoms with Crippen molar-refractivity contribution in [3.63, 3.8) is 0 Å². The number of hydrogen-bond acceptors (Lipinski definition) is 6. The molecule has 186 valence electrons. The van der Waals surface area contributed by atoms with E-state index in [2.05, 4.69) is 10.4 Å². The number of rotatable bonds is 7. The number of nitrogens with zero attached hydrogens (tertiary/aromatic N) is 4. The number of sulfonamides is 1. The summed E-state index contributed by atoms with van der Waals surface area (Å²) in [6.45, 7) is 2.61. The molecular weight excluding hydrogens is 477 g/mol. The van der Waals surface area contributed by atoms with Gasteiger partial charge in [0, 0.05) is 49.1 Å². The minimum absolute atomic E-state index is 0.00393. The molecular formula is C23H26FN5O5S. The van der Waals surface area contributed by atoms with E-state index >= 15 is 0 Å². The summed E-state index contributed by atoms with van der Waals surface area (Å²) >= 11 is 0. The summed E-state index contributed by atoms with van der Waals surface area (Å²) in [6.07, 6.45) is 2.18. The Labute approximate surface area is 202 Å². The molecule has 0 saturated carbocycles. The van der Waals surface area contributed by atoms with Crippen LogP contribution in [0, 0.1) is 12.7 Å². The number of benzene rings is 1. The van der Waals surface area contributed by atoms with Gasteiger partial charge in [0.2, 0.25) is 10.0 Å². The van der Waals surface area contributed by atoms with Crippen molar-refractivity contribution < 1.29 is 27.4 Å². The van der Waals surface area contributed by atoms with Crippen LogP contribution in [-0.2, 0) is 42.6 Å². The molecule has 12 heteroatoms. The number of halogens is 1. The number of aliphatic hydroxyl groups is 1. The fraction of sp³-hybridized carbons (Fsp3) is 0.391. The van der Waals surface area contributed by atoms with Crippen molar-refractivity contribution in [2.45, 2.75) is 44.4 Å². The normalized spacial score (nSPS) is 15.5. The summed E-state index contributed by atoms with van der Waals surface area (Å²) in [4.78, 5) is 13.1. The highest BCUT2D eigenvalue weighted by Gasteiger charge is 2.33. The van der Waals surface area contributed by atoms with Gasteiger partial charge in [0.05, 0.1) is 32.0 Å². The molecule has 4 heterocycles. The van der Waals surface area contributed by atoms with E-state index in [4.69, 9.17) is 4.74 Å². The number of carbonyl (C=O) groups is 1. The number of hydrogen-bond donors (Lipinski definition) is 2. The van der Waals surface area contributed by atoms with Gasteiger partial charge in [0.1, 0.15) is 22.2 Å². The van der Waals surface area contributed by atoms with Gasteiger partial charge in [-0.3, -0.25) is 9.48 Å². The fourth-order valence-electron chi connectivity index (χ4n) is 4.73. The summed E-state index contributed by atoms with van der Waals surface area (Å²) in [5.74, 6) is -0.397. The second-order valence-corrected chi connectivity index (χ2v) is 10.4. The lowest BCUT2D eigenvalue weighted by Crippen LogP contribution is -2.38. The summed E-state index contributed by atoms with van der Waals surface area (Å²) in [7, 11) is -3.92. The Bertz CT molecular complexity index is 1400. The Morgan fingerprint density at radius 2 is 2.11 bits per heavy atom. The van der Waals surface area contributed by atoms with Gasteiger partial charge in [-0.1, -0.05) is 0 Å². The molecule has 1 aromatic carbocycles. The number of fused-ring (bicyclic) bond motifs is 2. The van der Waals surface area contributed by atoms with Gasteiger partial charge < -0.3 is 19.7 Å². The molecule has 2 aliphatic rings. The lowest BCUT2D eigenvalue weighted by Gasteiger charge is -2.27. The molecule has 5 rings (SSSR count). The predicted octanol–water partition coefficient (Wildman–Crippen LogP) is 1.19. The zero-order chi connectivity index (χ0) is 24.7. The third-order valence-electron chi connectivity index (χ3n) is 6.56. The highest BCUT2D eigenvalue weighted by Crippen LogP contribution is 2.31. The number of nitrogens with one attached hydrogen (secondary N) is 1. The van der Waals surface area contributed by atoms with Crippen LogP contribution in [-0.4, -0.2) is 57.8 Å². The van der Waals surface area contributed by atoms with Gasteiger partial charge in [-0.2, -0.15) is 9.40 Å². The van der Waals surface area contributed by atoms with Crippen molar-refractivity contribution in [2.75, 3.05) is 19.8 Å². The third-order valence-corrected chi connectivity index (χ3v) is 8.53. The van der Waals surface area contributed by atoms with E-state index in [1.54, 1.807) is 29.9 Å². The summed E-state index contributed by atoms with van der Waals surface area (Å²) in [5, 5.41) is 16.4. The number of aromatic nitrogens is 3. The number of aliphatic hydroxyl groups excluding tert-OH is 1. The first-order valence-corrected chi connectivity index (χ1v) is 12.8. The maximum Gasteiger partial charge on any atom is 0.268 e. The zero-order valence-electron chi connectivity index (χ0n) is 19.2. The zero-order valence-corrected chi connectivity index (χ0v) is 20.0. The third kappa shape index (κ3) is 4.11. The molecule has 2 N–H and O–H groups in total. The van der Waals surface area contributed by atoms with Gasteiger partial charge in [0.25, 0.3) is 5.91 Å². The molecule has 0 fully saturated rings. The summed E-state index contributed by atoms with van der Waals surface area (Å²) < 4.78 is 51.6. The Morgan fingerprint density at radius 3 is 2.91 bits per heavy atom. The minimum atomic E-state index is -3.92. The molecule has 0 bridgehead atoms. The van der Waals surface area contributed by atoms with Crippen molar-refractivity contribution in [1.82, 2.24) is 24.0 Å². The lowest BCUT2D eigenvalue weighted by atomic mass is 10.0. The summed E-state index contributed by atoms with van der Waals surface area (Å²) in [5.41, 5.74) is 2.29. The largest absolute Gasteiger partial charge is 0.493 e. The molecule has 3 aromatic rings. The lowest BCUT2D eigenvalue weighted by molar-refractivity contribution is 0.0939. The summed E-state index contributed by atoms with van der Waals surface area (Å²) in [6, 6.07) is 5.98. The molecule has 2 aromatic heterocycles. The van der Waals surface area contributed by atoms with E-state index < -0.39 is 21.7 Å². The van der Waals surface area contributed by atoms with E-state index in [1.807, 2.05) is 0 Å². The Balaban J connectivity index is 1.42. The van der Waals surface area contributed by atoms with Crippen LogP contribution in [0.1, 0.15) is 33.0 Å². The van der Waals surface area contributed by atoms with E-state index in [9.17, 15) is 22.7 Å². The fourth-order valence-corrected chi connectivity index (χ4v) is 6.38. The van der Waals surface area contributed by atoms with Crippen LogP contribution in [0.4, 0.5) is 4.39 Å². The van der Waals surface area contributed by atoms with E-state index in [1.165, 1.54) is 21.0 Å². The van der Waals surface area contributed by atoms with Gasteiger partial charge in [-0.15, -0.1) is 0 Å². The Hall–Kier alpha value is -3.22.